The number of para-hydroxylation sites is 1. The molecule has 3 heterocycles. The van der Waals surface area contributed by atoms with Crippen molar-refractivity contribution in [1.29, 1.82) is 0 Å². The van der Waals surface area contributed by atoms with Crippen LogP contribution in [0.3, 0.4) is 0 Å². The minimum absolute atomic E-state index is 0.0677. The molecule has 0 unspecified atom stereocenters. The molecule has 0 N–H and O–H groups in total. The predicted octanol–water partition coefficient (Wildman–Crippen LogP) is 4.24. The van der Waals surface area contributed by atoms with Crippen LogP contribution in [0.4, 0.5) is 0 Å². The van der Waals surface area contributed by atoms with Crippen molar-refractivity contribution in [1.82, 2.24) is 14.3 Å². The summed E-state index contributed by atoms with van der Waals surface area (Å²) >= 11 is 0. The Bertz CT molecular complexity index is 940. The molecule has 1 fully saturated rings. The molecule has 0 atom stereocenters. The lowest BCUT2D eigenvalue weighted by atomic mass is 10.1. The van der Waals surface area contributed by atoms with E-state index in [1.54, 1.807) is 0 Å². The summed E-state index contributed by atoms with van der Waals surface area (Å²) in [5.41, 5.74) is 3.56. The Morgan fingerprint density at radius 1 is 1.04 bits per heavy atom. The van der Waals surface area contributed by atoms with Gasteiger partial charge in [-0.3, -0.25) is 4.79 Å². The zero-order chi connectivity index (χ0) is 18.6. The van der Waals surface area contributed by atoms with Crippen molar-refractivity contribution in [2.45, 2.75) is 39.2 Å². The van der Waals surface area contributed by atoms with Crippen LogP contribution in [0.15, 0.2) is 48.8 Å². The van der Waals surface area contributed by atoms with Crippen LogP contribution in [0.2, 0.25) is 0 Å². The van der Waals surface area contributed by atoms with Crippen molar-refractivity contribution in [3.63, 3.8) is 0 Å². The summed E-state index contributed by atoms with van der Waals surface area (Å²) in [6.07, 6.45) is 8.58. The number of carbonyl (C=O) groups is 1. The van der Waals surface area contributed by atoms with E-state index in [1.807, 2.05) is 58.1 Å². The van der Waals surface area contributed by atoms with E-state index in [4.69, 9.17) is 4.74 Å². The van der Waals surface area contributed by atoms with E-state index in [0.29, 0.717) is 17.9 Å². The van der Waals surface area contributed by atoms with Crippen molar-refractivity contribution in [2.75, 3.05) is 13.1 Å². The number of likely N-dealkylation sites (tertiary alicyclic amines) is 1. The Balaban J connectivity index is 1.51. The second-order valence-electron chi connectivity index (χ2n) is 7.20. The lowest BCUT2D eigenvalue weighted by Gasteiger charge is -2.21. The average Bonchev–Trinajstić information content (AvgIpc) is 2.89. The first-order valence-corrected chi connectivity index (χ1v) is 9.66. The lowest BCUT2D eigenvalue weighted by Crippen LogP contribution is -2.32. The maximum absolute atomic E-state index is 13.0. The zero-order valence-electron chi connectivity index (χ0n) is 15.7. The number of fused-ring (bicyclic) bond motifs is 1. The molecule has 0 aliphatic carbocycles. The Labute approximate surface area is 159 Å². The molecule has 4 rings (SSSR count). The highest BCUT2D eigenvalue weighted by molar-refractivity contribution is 5.97. The number of imidazole rings is 1. The number of ether oxygens (including phenoxy) is 1. The molecule has 1 aromatic carbocycles. The predicted molar refractivity (Wildman–Crippen MR) is 105 cm³/mol. The summed E-state index contributed by atoms with van der Waals surface area (Å²) in [5, 5.41) is 0. The monoisotopic (exact) mass is 363 g/mol. The molecule has 0 radical (unpaired) electrons. The molecule has 2 aromatic heterocycles. The van der Waals surface area contributed by atoms with Gasteiger partial charge in [0.1, 0.15) is 18.0 Å². The summed E-state index contributed by atoms with van der Waals surface area (Å²) in [6, 6.07) is 11.6. The van der Waals surface area contributed by atoms with Crippen LogP contribution >= 0.6 is 0 Å². The van der Waals surface area contributed by atoms with Gasteiger partial charge in [0.2, 0.25) is 0 Å². The van der Waals surface area contributed by atoms with E-state index in [0.717, 1.165) is 37.3 Å². The molecule has 3 aromatic rings. The number of hydrogen-bond donors (Lipinski definition) is 0. The number of amides is 1. The molecule has 140 valence electrons. The number of benzene rings is 1. The van der Waals surface area contributed by atoms with E-state index < -0.39 is 0 Å². The maximum atomic E-state index is 13.0. The van der Waals surface area contributed by atoms with E-state index >= 15 is 0 Å². The highest BCUT2D eigenvalue weighted by Gasteiger charge is 2.20. The topological polar surface area (TPSA) is 46.8 Å². The van der Waals surface area contributed by atoms with Crippen LogP contribution < -0.4 is 4.74 Å². The van der Waals surface area contributed by atoms with Crippen LogP contribution in [-0.4, -0.2) is 33.3 Å². The summed E-state index contributed by atoms with van der Waals surface area (Å²) in [6.45, 7) is 4.06. The van der Waals surface area contributed by atoms with Crippen LogP contribution in [-0.2, 0) is 6.61 Å². The summed E-state index contributed by atoms with van der Waals surface area (Å²) < 4.78 is 8.01. The number of rotatable bonds is 4. The fraction of sp³-hybridized carbons (Fsp3) is 0.364. The molecule has 1 amide bonds. The molecule has 0 saturated carbocycles. The second-order valence-corrected chi connectivity index (χ2v) is 7.20. The lowest BCUT2D eigenvalue weighted by molar-refractivity contribution is 0.0756. The first kappa shape index (κ1) is 17.6. The van der Waals surface area contributed by atoms with Gasteiger partial charge in [-0.2, -0.15) is 0 Å². The third kappa shape index (κ3) is 3.97. The molecule has 5 heteroatoms. The molecular formula is C22H25N3O2. The van der Waals surface area contributed by atoms with E-state index in [1.165, 1.54) is 18.4 Å². The van der Waals surface area contributed by atoms with Gasteiger partial charge in [-0.1, -0.05) is 31.0 Å². The van der Waals surface area contributed by atoms with Gasteiger partial charge in [-0.15, -0.1) is 0 Å². The number of aromatic nitrogens is 2. The Morgan fingerprint density at radius 2 is 1.81 bits per heavy atom. The maximum Gasteiger partial charge on any atom is 0.257 e. The summed E-state index contributed by atoms with van der Waals surface area (Å²) in [7, 11) is 0. The van der Waals surface area contributed by atoms with Crippen molar-refractivity contribution < 1.29 is 9.53 Å². The highest BCUT2D eigenvalue weighted by atomic mass is 16.5. The molecule has 1 aliphatic rings. The minimum Gasteiger partial charge on any atom is -0.486 e. The van der Waals surface area contributed by atoms with Gasteiger partial charge in [0.15, 0.2) is 0 Å². The largest absolute Gasteiger partial charge is 0.486 e. The Kier molecular flexibility index (Phi) is 5.10. The third-order valence-corrected chi connectivity index (χ3v) is 5.04. The molecule has 0 spiro atoms. The molecule has 5 nitrogen and oxygen atoms in total. The van der Waals surface area contributed by atoms with Crippen LogP contribution in [0, 0.1) is 6.92 Å². The fourth-order valence-corrected chi connectivity index (χ4v) is 3.59. The van der Waals surface area contributed by atoms with E-state index in [-0.39, 0.29) is 5.91 Å². The SMILES string of the molecule is Cc1ccc2nc(COc3ccccc3C(=O)N3CCCCCC3)cn2c1. The Morgan fingerprint density at radius 3 is 2.63 bits per heavy atom. The van der Waals surface area contributed by atoms with Crippen molar-refractivity contribution in [3.8, 4) is 5.75 Å². The van der Waals surface area contributed by atoms with Gasteiger partial charge in [0, 0.05) is 25.5 Å². The normalized spacial score (nSPS) is 14.9. The van der Waals surface area contributed by atoms with Gasteiger partial charge in [-0.25, -0.2) is 4.98 Å². The van der Waals surface area contributed by atoms with Gasteiger partial charge >= 0.3 is 0 Å². The number of pyridine rings is 1. The molecule has 27 heavy (non-hydrogen) atoms. The van der Waals surface area contributed by atoms with Gasteiger partial charge in [0.25, 0.3) is 5.91 Å². The fourth-order valence-electron chi connectivity index (χ4n) is 3.59. The van der Waals surface area contributed by atoms with E-state index in [2.05, 4.69) is 11.9 Å². The van der Waals surface area contributed by atoms with Crippen LogP contribution in [0.1, 0.15) is 47.3 Å². The van der Waals surface area contributed by atoms with E-state index in [9.17, 15) is 4.79 Å². The quantitative estimate of drug-likeness (QED) is 0.697. The second kappa shape index (κ2) is 7.82. The van der Waals surface area contributed by atoms with Crippen LogP contribution in [0.25, 0.3) is 5.65 Å². The smallest absolute Gasteiger partial charge is 0.257 e. The number of hydrogen-bond acceptors (Lipinski definition) is 3. The van der Waals surface area contributed by atoms with Crippen molar-refractivity contribution in [2.24, 2.45) is 0 Å². The average molecular weight is 363 g/mol. The number of carbonyl (C=O) groups excluding carboxylic acids is 1. The summed E-state index contributed by atoms with van der Waals surface area (Å²) in [5.74, 6) is 0.693. The highest BCUT2D eigenvalue weighted by Crippen LogP contribution is 2.23. The zero-order valence-corrected chi connectivity index (χ0v) is 15.7. The first-order valence-electron chi connectivity index (χ1n) is 9.66. The van der Waals surface area contributed by atoms with Crippen LogP contribution in [0.5, 0.6) is 5.75 Å². The van der Waals surface area contributed by atoms with Crippen molar-refractivity contribution >= 4 is 11.6 Å². The molecular weight excluding hydrogens is 338 g/mol. The Hall–Kier alpha value is -2.82. The molecule has 1 aliphatic heterocycles. The number of nitrogens with zero attached hydrogens (tertiary/aromatic N) is 3. The first-order chi connectivity index (χ1) is 13.2. The standard InChI is InChI=1S/C22H25N3O2/c1-17-10-11-21-23-18(15-25(21)14-17)16-27-20-9-5-4-8-19(20)22(26)24-12-6-2-3-7-13-24/h4-5,8-11,14-15H,2-3,6-7,12-13,16H2,1H3. The van der Waals surface area contributed by atoms with Gasteiger partial charge in [0.05, 0.1) is 11.3 Å². The molecule has 0 bridgehead atoms. The van der Waals surface area contributed by atoms with Gasteiger partial charge in [-0.05, 0) is 43.5 Å². The number of aryl methyl sites for hydroxylation is 1. The summed E-state index contributed by atoms with van der Waals surface area (Å²) in [4.78, 5) is 19.5. The molecule has 1 saturated heterocycles. The van der Waals surface area contributed by atoms with Crippen molar-refractivity contribution in [3.05, 3.63) is 65.6 Å². The minimum atomic E-state index is 0.0677. The third-order valence-electron chi connectivity index (χ3n) is 5.04. The van der Waals surface area contributed by atoms with Gasteiger partial charge < -0.3 is 14.0 Å².